The van der Waals surface area contributed by atoms with Crippen molar-refractivity contribution in [2.24, 2.45) is 0 Å². The maximum atomic E-state index is 2.34. The molecule has 0 N–H and O–H groups in total. The van der Waals surface area contributed by atoms with Crippen molar-refractivity contribution in [3.63, 3.8) is 0 Å². The molecule has 158 valence electrons. The van der Waals surface area contributed by atoms with Crippen LogP contribution in [-0.4, -0.2) is 0 Å². The van der Waals surface area contributed by atoms with Gasteiger partial charge in [0.15, 0.2) is 0 Å². The summed E-state index contributed by atoms with van der Waals surface area (Å²) in [5.74, 6) is 0. The molecule has 5 aromatic rings. The van der Waals surface area contributed by atoms with Gasteiger partial charge in [0.05, 0.1) is 5.69 Å². The molecule has 0 saturated carbocycles. The lowest BCUT2D eigenvalue weighted by molar-refractivity contribution is 1.28. The van der Waals surface area contributed by atoms with E-state index in [2.05, 4.69) is 151 Å². The zero-order valence-electron chi connectivity index (χ0n) is 18.4. The Balaban J connectivity index is 1.61. The van der Waals surface area contributed by atoms with Crippen molar-refractivity contribution in [1.29, 1.82) is 0 Å². The highest BCUT2D eigenvalue weighted by Gasteiger charge is 2.16. The fraction of sp³-hybridized carbons (Fsp3) is 0. The Bertz CT molecular complexity index is 1340. The van der Waals surface area contributed by atoms with Crippen LogP contribution in [0.5, 0.6) is 0 Å². The van der Waals surface area contributed by atoms with Gasteiger partial charge in [-0.1, -0.05) is 121 Å². The lowest BCUT2D eigenvalue weighted by Gasteiger charge is -2.28. The predicted octanol–water partition coefficient (Wildman–Crippen LogP) is 8.99. The molecule has 0 amide bonds. The summed E-state index contributed by atoms with van der Waals surface area (Å²) < 4.78 is 0. The summed E-state index contributed by atoms with van der Waals surface area (Å²) in [5, 5.41) is 0. The summed E-state index contributed by atoms with van der Waals surface area (Å²) >= 11 is 0. The normalized spacial score (nSPS) is 10.9. The lowest BCUT2D eigenvalue weighted by Crippen LogP contribution is -2.11. The zero-order chi connectivity index (χ0) is 22.3. The first-order chi connectivity index (χ1) is 16.4. The first-order valence-electron chi connectivity index (χ1n) is 11.2. The summed E-state index contributed by atoms with van der Waals surface area (Å²) in [5.41, 5.74) is 8.16. The molecule has 0 aliphatic carbocycles. The van der Waals surface area contributed by atoms with E-state index in [1.165, 1.54) is 16.7 Å². The second-order valence-corrected chi connectivity index (χ2v) is 7.89. The number of hydrogen-bond acceptors (Lipinski definition) is 1. The standard InChI is InChI=1S/C32H25N/c1-4-13-26(14-5-1)23-24-27-15-12-20-30(25-27)33(29-18-8-3-9-19-29)32-22-11-10-21-31(32)28-16-6-2-7-17-28/h1-25H/b24-23+. The van der Waals surface area contributed by atoms with Gasteiger partial charge in [0.2, 0.25) is 0 Å². The Hall–Kier alpha value is -4.36. The van der Waals surface area contributed by atoms with E-state index in [0.717, 1.165) is 22.6 Å². The summed E-state index contributed by atoms with van der Waals surface area (Å²) in [6.07, 6.45) is 4.33. The fourth-order valence-electron chi connectivity index (χ4n) is 4.06. The van der Waals surface area contributed by atoms with E-state index in [-0.39, 0.29) is 0 Å². The second-order valence-electron chi connectivity index (χ2n) is 7.89. The molecule has 0 aromatic heterocycles. The van der Waals surface area contributed by atoms with Gasteiger partial charge in [0, 0.05) is 16.9 Å². The van der Waals surface area contributed by atoms with Crippen molar-refractivity contribution < 1.29 is 0 Å². The zero-order valence-corrected chi connectivity index (χ0v) is 18.4. The van der Waals surface area contributed by atoms with Crippen LogP contribution < -0.4 is 4.90 Å². The molecule has 5 aromatic carbocycles. The number of rotatable bonds is 6. The number of hydrogen-bond donors (Lipinski definition) is 0. The molecule has 0 fully saturated rings. The molecule has 1 heteroatoms. The van der Waals surface area contributed by atoms with E-state index in [4.69, 9.17) is 0 Å². The van der Waals surface area contributed by atoms with Crippen molar-refractivity contribution in [3.8, 4) is 11.1 Å². The molecule has 0 atom stereocenters. The second kappa shape index (κ2) is 9.84. The maximum absolute atomic E-state index is 2.34. The highest BCUT2D eigenvalue weighted by atomic mass is 15.1. The van der Waals surface area contributed by atoms with Crippen molar-refractivity contribution in [3.05, 3.63) is 151 Å². The van der Waals surface area contributed by atoms with Crippen LogP contribution in [0.2, 0.25) is 0 Å². The number of para-hydroxylation sites is 2. The maximum Gasteiger partial charge on any atom is 0.0540 e. The van der Waals surface area contributed by atoms with Gasteiger partial charge in [-0.3, -0.25) is 0 Å². The summed E-state index contributed by atoms with van der Waals surface area (Å²) in [4.78, 5) is 2.34. The fourth-order valence-corrected chi connectivity index (χ4v) is 4.06. The molecule has 0 bridgehead atoms. The highest BCUT2D eigenvalue weighted by Crippen LogP contribution is 2.40. The van der Waals surface area contributed by atoms with Gasteiger partial charge in [-0.2, -0.15) is 0 Å². The minimum absolute atomic E-state index is 1.12. The molecule has 5 rings (SSSR count). The third kappa shape index (κ3) is 4.78. The topological polar surface area (TPSA) is 3.24 Å². The Kier molecular flexibility index (Phi) is 6.13. The first-order valence-corrected chi connectivity index (χ1v) is 11.2. The molecule has 0 spiro atoms. The Morgan fingerprint density at radius 1 is 0.424 bits per heavy atom. The van der Waals surface area contributed by atoms with Crippen LogP contribution in [0.3, 0.4) is 0 Å². The van der Waals surface area contributed by atoms with Gasteiger partial charge < -0.3 is 4.90 Å². The van der Waals surface area contributed by atoms with Crippen molar-refractivity contribution in [2.45, 2.75) is 0 Å². The Morgan fingerprint density at radius 3 is 1.73 bits per heavy atom. The minimum Gasteiger partial charge on any atom is -0.310 e. The largest absolute Gasteiger partial charge is 0.310 e. The minimum atomic E-state index is 1.12. The van der Waals surface area contributed by atoms with Gasteiger partial charge in [-0.05, 0) is 47.0 Å². The molecule has 0 aliphatic rings. The van der Waals surface area contributed by atoms with Gasteiger partial charge in [-0.15, -0.1) is 0 Å². The van der Waals surface area contributed by atoms with E-state index in [1.54, 1.807) is 0 Å². The lowest BCUT2D eigenvalue weighted by atomic mass is 10.0. The number of benzene rings is 5. The molecular weight excluding hydrogens is 398 g/mol. The average molecular weight is 424 g/mol. The van der Waals surface area contributed by atoms with Crippen LogP contribution in [0.25, 0.3) is 23.3 Å². The van der Waals surface area contributed by atoms with Crippen molar-refractivity contribution >= 4 is 29.2 Å². The van der Waals surface area contributed by atoms with Crippen LogP contribution >= 0.6 is 0 Å². The quantitative estimate of drug-likeness (QED) is 0.246. The van der Waals surface area contributed by atoms with E-state index in [1.807, 2.05) is 6.07 Å². The number of anilines is 3. The van der Waals surface area contributed by atoms with E-state index in [0.29, 0.717) is 0 Å². The van der Waals surface area contributed by atoms with Gasteiger partial charge in [0.1, 0.15) is 0 Å². The smallest absolute Gasteiger partial charge is 0.0540 e. The van der Waals surface area contributed by atoms with Crippen LogP contribution in [0.1, 0.15) is 11.1 Å². The third-order valence-electron chi connectivity index (χ3n) is 5.64. The van der Waals surface area contributed by atoms with Crippen molar-refractivity contribution in [2.75, 3.05) is 4.90 Å². The summed E-state index contributed by atoms with van der Waals surface area (Å²) in [7, 11) is 0. The van der Waals surface area contributed by atoms with Crippen molar-refractivity contribution in [1.82, 2.24) is 0 Å². The van der Waals surface area contributed by atoms with Crippen LogP contribution in [-0.2, 0) is 0 Å². The van der Waals surface area contributed by atoms with Gasteiger partial charge in [-0.25, -0.2) is 0 Å². The molecule has 0 unspecified atom stereocenters. The molecule has 0 saturated heterocycles. The van der Waals surface area contributed by atoms with Crippen LogP contribution in [0.4, 0.5) is 17.1 Å². The Labute approximate surface area is 195 Å². The van der Waals surface area contributed by atoms with Crippen LogP contribution in [0, 0.1) is 0 Å². The predicted molar refractivity (Wildman–Crippen MR) is 142 cm³/mol. The van der Waals surface area contributed by atoms with Gasteiger partial charge in [0.25, 0.3) is 0 Å². The molecule has 1 nitrogen and oxygen atoms in total. The first kappa shape index (κ1) is 20.5. The summed E-state index contributed by atoms with van der Waals surface area (Å²) in [6.45, 7) is 0. The molecule has 0 radical (unpaired) electrons. The van der Waals surface area contributed by atoms with E-state index in [9.17, 15) is 0 Å². The number of nitrogens with zero attached hydrogens (tertiary/aromatic N) is 1. The van der Waals surface area contributed by atoms with Crippen LogP contribution in [0.15, 0.2) is 140 Å². The average Bonchev–Trinajstić information content (AvgIpc) is 2.90. The van der Waals surface area contributed by atoms with Gasteiger partial charge >= 0.3 is 0 Å². The third-order valence-corrected chi connectivity index (χ3v) is 5.64. The molecular formula is C32H25N. The highest BCUT2D eigenvalue weighted by molar-refractivity contribution is 5.88. The Morgan fingerprint density at radius 2 is 0.970 bits per heavy atom. The molecule has 0 heterocycles. The monoisotopic (exact) mass is 423 g/mol. The van der Waals surface area contributed by atoms with E-state index < -0.39 is 0 Å². The summed E-state index contributed by atoms with van der Waals surface area (Å²) in [6, 6.07) is 48.8. The molecule has 0 aliphatic heterocycles. The van der Waals surface area contributed by atoms with E-state index >= 15 is 0 Å². The molecule has 33 heavy (non-hydrogen) atoms. The SMILES string of the molecule is C(=C\c1cccc(N(c2ccccc2)c2ccccc2-c2ccccc2)c1)/c1ccccc1.